The summed E-state index contributed by atoms with van der Waals surface area (Å²) in [6, 6.07) is 15.0. The Balaban J connectivity index is 1.64. The van der Waals surface area contributed by atoms with E-state index >= 15 is 0 Å². The third-order valence-corrected chi connectivity index (χ3v) is 5.62. The van der Waals surface area contributed by atoms with E-state index in [-0.39, 0.29) is 11.7 Å². The van der Waals surface area contributed by atoms with Crippen molar-refractivity contribution in [3.63, 3.8) is 0 Å². The molecule has 30 heavy (non-hydrogen) atoms. The van der Waals surface area contributed by atoms with Crippen molar-refractivity contribution in [2.45, 2.75) is 25.5 Å². The van der Waals surface area contributed by atoms with Crippen molar-refractivity contribution in [1.29, 1.82) is 0 Å². The SMILES string of the molecule is CCn1c(SCC(=O)NN=C(C)c2ccccc2Cl)nnc1-c1ccc(OC)cc1. The summed E-state index contributed by atoms with van der Waals surface area (Å²) in [5.41, 5.74) is 4.91. The van der Waals surface area contributed by atoms with Gasteiger partial charge in [-0.25, -0.2) is 5.43 Å². The van der Waals surface area contributed by atoms with E-state index in [1.54, 1.807) is 20.1 Å². The van der Waals surface area contributed by atoms with Gasteiger partial charge in [0.25, 0.3) is 5.91 Å². The molecule has 2 aromatic carbocycles. The lowest BCUT2D eigenvalue weighted by atomic mass is 10.1. The zero-order valence-electron chi connectivity index (χ0n) is 16.9. The highest BCUT2D eigenvalue weighted by molar-refractivity contribution is 7.99. The molecule has 0 saturated heterocycles. The smallest absolute Gasteiger partial charge is 0.250 e. The van der Waals surface area contributed by atoms with Crippen LogP contribution >= 0.6 is 23.4 Å². The first-order chi connectivity index (χ1) is 14.5. The Kier molecular flexibility index (Phi) is 7.48. The summed E-state index contributed by atoms with van der Waals surface area (Å²) < 4.78 is 7.17. The van der Waals surface area contributed by atoms with E-state index in [2.05, 4.69) is 20.7 Å². The van der Waals surface area contributed by atoms with Gasteiger partial charge in [0.05, 0.1) is 18.6 Å². The fraction of sp³-hybridized carbons (Fsp3) is 0.238. The normalized spacial score (nSPS) is 11.4. The maximum Gasteiger partial charge on any atom is 0.250 e. The minimum atomic E-state index is -0.233. The highest BCUT2D eigenvalue weighted by atomic mass is 35.5. The second kappa shape index (κ2) is 10.3. The van der Waals surface area contributed by atoms with Gasteiger partial charge in [0.15, 0.2) is 11.0 Å². The van der Waals surface area contributed by atoms with E-state index in [4.69, 9.17) is 16.3 Å². The monoisotopic (exact) mass is 443 g/mol. The van der Waals surface area contributed by atoms with E-state index in [1.807, 2.05) is 54.0 Å². The lowest BCUT2D eigenvalue weighted by molar-refractivity contribution is -0.118. The van der Waals surface area contributed by atoms with Gasteiger partial charge in [-0.2, -0.15) is 5.10 Å². The maximum atomic E-state index is 12.2. The molecule has 0 fully saturated rings. The fourth-order valence-electron chi connectivity index (χ4n) is 2.76. The molecule has 0 aliphatic carbocycles. The number of halogens is 1. The summed E-state index contributed by atoms with van der Waals surface area (Å²) in [5.74, 6) is 1.46. The molecule has 156 valence electrons. The number of amides is 1. The predicted octanol–water partition coefficient (Wildman–Crippen LogP) is 4.26. The summed E-state index contributed by atoms with van der Waals surface area (Å²) >= 11 is 7.47. The van der Waals surface area contributed by atoms with Crippen LogP contribution in [0.15, 0.2) is 58.8 Å². The molecular formula is C21H22ClN5O2S. The quantitative estimate of drug-likeness (QED) is 0.319. The lowest BCUT2D eigenvalue weighted by Gasteiger charge is -2.08. The van der Waals surface area contributed by atoms with Crippen LogP contribution in [0.1, 0.15) is 19.4 Å². The van der Waals surface area contributed by atoms with Crippen molar-refractivity contribution in [3.05, 3.63) is 59.1 Å². The van der Waals surface area contributed by atoms with Gasteiger partial charge in [-0.1, -0.05) is 41.6 Å². The van der Waals surface area contributed by atoms with Crippen molar-refractivity contribution in [3.8, 4) is 17.1 Å². The molecule has 9 heteroatoms. The molecule has 7 nitrogen and oxygen atoms in total. The predicted molar refractivity (Wildman–Crippen MR) is 120 cm³/mol. The van der Waals surface area contributed by atoms with Crippen molar-refractivity contribution in [2.75, 3.05) is 12.9 Å². The van der Waals surface area contributed by atoms with E-state index in [0.717, 1.165) is 22.7 Å². The zero-order chi connectivity index (χ0) is 21.5. The number of hydrazone groups is 1. The van der Waals surface area contributed by atoms with Gasteiger partial charge in [-0.3, -0.25) is 4.79 Å². The second-order valence-corrected chi connectivity index (χ2v) is 7.63. The van der Waals surface area contributed by atoms with Gasteiger partial charge in [0.2, 0.25) is 0 Å². The summed E-state index contributed by atoms with van der Waals surface area (Å²) in [6.07, 6.45) is 0. The lowest BCUT2D eigenvalue weighted by Crippen LogP contribution is -2.21. The van der Waals surface area contributed by atoms with Crippen LogP contribution in [0.5, 0.6) is 5.75 Å². The van der Waals surface area contributed by atoms with Gasteiger partial charge >= 0.3 is 0 Å². The van der Waals surface area contributed by atoms with Crippen LogP contribution in [0.4, 0.5) is 0 Å². The average molecular weight is 444 g/mol. The Morgan fingerprint density at radius 2 is 1.93 bits per heavy atom. The number of nitrogens with one attached hydrogen (secondary N) is 1. The van der Waals surface area contributed by atoms with E-state index in [1.165, 1.54) is 11.8 Å². The number of aromatic nitrogens is 3. The van der Waals surface area contributed by atoms with E-state index < -0.39 is 0 Å². The molecule has 3 rings (SSSR count). The number of nitrogens with zero attached hydrogens (tertiary/aromatic N) is 4. The van der Waals surface area contributed by atoms with Crippen LogP contribution in [-0.4, -0.2) is 39.2 Å². The number of carbonyl (C=O) groups is 1. The Morgan fingerprint density at radius 3 is 2.60 bits per heavy atom. The Labute approximate surface area is 184 Å². The molecular weight excluding hydrogens is 422 g/mol. The molecule has 1 aromatic heterocycles. The molecule has 1 heterocycles. The van der Waals surface area contributed by atoms with Crippen molar-refractivity contribution in [2.24, 2.45) is 5.10 Å². The highest BCUT2D eigenvalue weighted by Crippen LogP contribution is 2.25. The van der Waals surface area contributed by atoms with Gasteiger partial charge in [0, 0.05) is 22.7 Å². The zero-order valence-corrected chi connectivity index (χ0v) is 18.5. The summed E-state index contributed by atoms with van der Waals surface area (Å²) in [7, 11) is 1.63. The number of ether oxygens (including phenoxy) is 1. The third kappa shape index (κ3) is 5.20. The van der Waals surface area contributed by atoms with Crippen LogP contribution in [-0.2, 0) is 11.3 Å². The first-order valence-corrected chi connectivity index (χ1v) is 10.7. The number of thioether (sulfide) groups is 1. The largest absolute Gasteiger partial charge is 0.497 e. The molecule has 0 atom stereocenters. The summed E-state index contributed by atoms with van der Waals surface area (Å²) in [4.78, 5) is 12.2. The van der Waals surface area contributed by atoms with Gasteiger partial charge in [0.1, 0.15) is 5.75 Å². The Hall–Kier alpha value is -2.84. The topological polar surface area (TPSA) is 81.4 Å². The molecule has 0 aliphatic heterocycles. The Morgan fingerprint density at radius 1 is 1.20 bits per heavy atom. The molecule has 0 spiro atoms. The Bertz CT molecular complexity index is 1050. The third-order valence-electron chi connectivity index (χ3n) is 4.33. The van der Waals surface area contributed by atoms with E-state index in [0.29, 0.717) is 22.4 Å². The molecule has 0 saturated carbocycles. The molecule has 3 aromatic rings. The number of methoxy groups -OCH3 is 1. The number of hydrogen-bond donors (Lipinski definition) is 1. The summed E-state index contributed by atoms with van der Waals surface area (Å²) in [6.45, 7) is 4.49. The van der Waals surface area contributed by atoms with Gasteiger partial charge < -0.3 is 9.30 Å². The molecule has 1 N–H and O–H groups in total. The minimum Gasteiger partial charge on any atom is -0.497 e. The summed E-state index contributed by atoms with van der Waals surface area (Å²) in [5, 5.41) is 13.9. The number of hydrogen-bond acceptors (Lipinski definition) is 6. The minimum absolute atomic E-state index is 0.167. The number of benzene rings is 2. The molecule has 1 amide bonds. The van der Waals surface area contributed by atoms with Crippen LogP contribution in [0, 0.1) is 0 Å². The first kappa shape index (κ1) is 21.9. The first-order valence-electron chi connectivity index (χ1n) is 9.32. The van der Waals surface area contributed by atoms with Crippen LogP contribution < -0.4 is 10.2 Å². The van der Waals surface area contributed by atoms with Gasteiger partial charge in [-0.15, -0.1) is 10.2 Å². The van der Waals surface area contributed by atoms with Crippen molar-refractivity contribution in [1.82, 2.24) is 20.2 Å². The molecule has 0 bridgehead atoms. The standard InChI is InChI=1S/C21H22ClN5O2S/c1-4-27-20(15-9-11-16(29-3)12-10-15)25-26-21(27)30-13-19(28)24-23-14(2)17-7-5-6-8-18(17)22/h5-12H,4,13H2,1-3H3,(H,24,28). The van der Waals surface area contributed by atoms with Gasteiger partial charge in [-0.05, 0) is 44.2 Å². The fourth-order valence-corrected chi connectivity index (χ4v) is 3.82. The van der Waals surface area contributed by atoms with Crippen LogP contribution in [0.2, 0.25) is 5.02 Å². The van der Waals surface area contributed by atoms with Crippen molar-refractivity contribution < 1.29 is 9.53 Å². The average Bonchev–Trinajstić information content (AvgIpc) is 3.19. The van der Waals surface area contributed by atoms with Crippen molar-refractivity contribution >= 4 is 35.0 Å². The number of rotatable bonds is 8. The molecule has 0 radical (unpaired) electrons. The molecule has 0 unspecified atom stereocenters. The number of carbonyl (C=O) groups excluding carboxylic acids is 1. The highest BCUT2D eigenvalue weighted by Gasteiger charge is 2.15. The molecule has 0 aliphatic rings. The van der Waals surface area contributed by atoms with Crippen LogP contribution in [0.3, 0.4) is 0 Å². The van der Waals surface area contributed by atoms with Crippen LogP contribution in [0.25, 0.3) is 11.4 Å². The van der Waals surface area contributed by atoms with E-state index in [9.17, 15) is 4.79 Å². The maximum absolute atomic E-state index is 12.2. The second-order valence-electron chi connectivity index (χ2n) is 6.28.